The van der Waals surface area contributed by atoms with Gasteiger partial charge < -0.3 is 5.84 Å². The molecule has 4 aromatic carbocycles. The zero-order valence-electron chi connectivity index (χ0n) is 15.7. The number of fused-ring (bicyclic) bond motifs is 3. The molecular formula is C26H22N2. The Labute approximate surface area is 164 Å². The molecule has 28 heavy (non-hydrogen) atoms. The maximum Gasteiger partial charge on any atom is 0.0706 e. The largest absolute Gasteiger partial charge is 0.339 e. The average Bonchev–Trinajstić information content (AvgIpc) is 3.01. The molecule has 0 radical (unpaired) electrons. The third kappa shape index (κ3) is 3.03. The van der Waals surface area contributed by atoms with Crippen LogP contribution in [0.3, 0.4) is 0 Å². The molecular weight excluding hydrogens is 340 g/mol. The topological polar surface area (TPSA) is 30.9 Å². The number of hydrogen-bond acceptors (Lipinski definition) is 1. The first-order chi connectivity index (χ1) is 13.8. The Hall–Kier alpha value is -3.52. The standard InChI is InChI=1S/C26H22N2/c27-28-25-14-12-21(15-19-7-3-1-4-8-19)17-24(25)23-13-11-22(18-26(23)28)16-20-9-5-2-6-10-20/h1-14,17-18H,15-16,27H2. The molecule has 0 saturated heterocycles. The molecule has 0 unspecified atom stereocenters. The van der Waals surface area contributed by atoms with Crippen molar-refractivity contribution in [1.82, 2.24) is 4.68 Å². The fourth-order valence-corrected chi connectivity index (χ4v) is 4.03. The number of nitrogens with two attached hydrogens (primary N) is 1. The highest BCUT2D eigenvalue weighted by Crippen LogP contribution is 2.30. The van der Waals surface area contributed by atoms with Gasteiger partial charge in [-0.25, -0.2) is 0 Å². The average molecular weight is 362 g/mol. The van der Waals surface area contributed by atoms with E-state index in [4.69, 9.17) is 5.84 Å². The summed E-state index contributed by atoms with van der Waals surface area (Å²) in [5.41, 5.74) is 7.37. The number of nitrogen functional groups attached to an aromatic ring is 1. The maximum atomic E-state index is 6.46. The SMILES string of the molecule is Nn1c2ccc(Cc3ccccc3)cc2c2ccc(Cc3ccccc3)cc21. The molecule has 5 aromatic rings. The summed E-state index contributed by atoms with van der Waals surface area (Å²) >= 11 is 0. The van der Waals surface area contributed by atoms with Crippen LogP contribution in [0, 0.1) is 0 Å². The van der Waals surface area contributed by atoms with Gasteiger partial charge in [0.25, 0.3) is 0 Å². The van der Waals surface area contributed by atoms with E-state index in [0.29, 0.717) is 0 Å². The van der Waals surface area contributed by atoms with Crippen LogP contribution in [0.1, 0.15) is 22.3 Å². The van der Waals surface area contributed by atoms with Crippen molar-refractivity contribution in [1.29, 1.82) is 0 Å². The van der Waals surface area contributed by atoms with E-state index in [1.165, 1.54) is 33.0 Å². The van der Waals surface area contributed by atoms with E-state index in [9.17, 15) is 0 Å². The predicted octanol–water partition coefficient (Wildman–Crippen LogP) is 5.69. The Morgan fingerprint density at radius 1 is 0.500 bits per heavy atom. The van der Waals surface area contributed by atoms with Crippen LogP contribution in [0.5, 0.6) is 0 Å². The van der Waals surface area contributed by atoms with Gasteiger partial charge in [-0.3, -0.25) is 4.68 Å². The summed E-state index contributed by atoms with van der Waals surface area (Å²) in [5.74, 6) is 6.46. The van der Waals surface area contributed by atoms with Crippen molar-refractivity contribution in [2.75, 3.05) is 5.84 Å². The van der Waals surface area contributed by atoms with Crippen molar-refractivity contribution < 1.29 is 0 Å². The van der Waals surface area contributed by atoms with Crippen LogP contribution in [0.2, 0.25) is 0 Å². The number of hydrogen-bond donors (Lipinski definition) is 1. The fourth-order valence-electron chi connectivity index (χ4n) is 4.03. The number of aromatic nitrogens is 1. The molecule has 0 atom stereocenters. The molecule has 0 fully saturated rings. The van der Waals surface area contributed by atoms with Gasteiger partial charge in [0, 0.05) is 10.8 Å². The van der Waals surface area contributed by atoms with Crippen LogP contribution in [0.4, 0.5) is 0 Å². The monoisotopic (exact) mass is 362 g/mol. The Balaban J connectivity index is 1.55. The van der Waals surface area contributed by atoms with Gasteiger partial charge in [0.15, 0.2) is 0 Å². The van der Waals surface area contributed by atoms with E-state index in [1.807, 2.05) is 4.68 Å². The van der Waals surface area contributed by atoms with Crippen LogP contribution in [0.25, 0.3) is 21.8 Å². The van der Waals surface area contributed by atoms with Crippen molar-refractivity contribution in [3.63, 3.8) is 0 Å². The lowest BCUT2D eigenvalue weighted by molar-refractivity contribution is 1.11. The second-order valence-corrected chi connectivity index (χ2v) is 7.40. The Kier molecular flexibility index (Phi) is 4.10. The minimum Gasteiger partial charge on any atom is -0.339 e. The van der Waals surface area contributed by atoms with Gasteiger partial charge in [-0.05, 0) is 53.3 Å². The molecule has 0 aliphatic heterocycles. The van der Waals surface area contributed by atoms with Gasteiger partial charge in [0.05, 0.1) is 11.0 Å². The second-order valence-electron chi connectivity index (χ2n) is 7.40. The molecule has 1 aromatic heterocycles. The normalized spacial score (nSPS) is 11.3. The van der Waals surface area contributed by atoms with Crippen LogP contribution in [-0.2, 0) is 12.8 Å². The molecule has 0 aliphatic carbocycles. The summed E-state index contributed by atoms with van der Waals surface area (Å²) in [6.07, 6.45) is 1.84. The van der Waals surface area contributed by atoms with Gasteiger partial charge in [-0.15, -0.1) is 0 Å². The number of benzene rings is 4. The highest BCUT2D eigenvalue weighted by atomic mass is 15.3. The first-order valence-corrected chi connectivity index (χ1v) is 9.67. The third-order valence-electron chi connectivity index (χ3n) is 5.43. The first kappa shape index (κ1) is 16.6. The van der Waals surface area contributed by atoms with E-state index in [2.05, 4.69) is 97.1 Å². The lowest BCUT2D eigenvalue weighted by atomic mass is 10.0. The van der Waals surface area contributed by atoms with Crippen molar-refractivity contribution in [2.45, 2.75) is 12.8 Å². The molecule has 2 nitrogen and oxygen atoms in total. The summed E-state index contributed by atoms with van der Waals surface area (Å²) in [5, 5.41) is 2.43. The summed E-state index contributed by atoms with van der Waals surface area (Å²) in [6, 6.07) is 34.4. The van der Waals surface area contributed by atoms with Crippen LogP contribution in [0.15, 0.2) is 97.1 Å². The maximum absolute atomic E-state index is 6.46. The second kappa shape index (κ2) is 6.90. The van der Waals surface area contributed by atoms with E-state index < -0.39 is 0 Å². The van der Waals surface area contributed by atoms with E-state index in [-0.39, 0.29) is 0 Å². The Morgan fingerprint density at radius 2 is 1.07 bits per heavy atom. The fraction of sp³-hybridized carbons (Fsp3) is 0.0769. The van der Waals surface area contributed by atoms with Gasteiger partial charge in [-0.2, -0.15) is 0 Å². The minimum atomic E-state index is 0.914. The van der Waals surface area contributed by atoms with Crippen LogP contribution in [-0.4, -0.2) is 4.68 Å². The quantitative estimate of drug-likeness (QED) is 0.409. The van der Waals surface area contributed by atoms with E-state index >= 15 is 0 Å². The molecule has 0 aliphatic rings. The summed E-state index contributed by atoms with van der Waals surface area (Å²) in [6.45, 7) is 0. The molecule has 0 saturated carbocycles. The molecule has 136 valence electrons. The summed E-state index contributed by atoms with van der Waals surface area (Å²) in [7, 11) is 0. The Morgan fingerprint density at radius 3 is 1.71 bits per heavy atom. The third-order valence-corrected chi connectivity index (χ3v) is 5.43. The smallest absolute Gasteiger partial charge is 0.0706 e. The van der Waals surface area contributed by atoms with Gasteiger partial charge in [-0.1, -0.05) is 78.9 Å². The zero-order valence-corrected chi connectivity index (χ0v) is 15.7. The minimum absolute atomic E-state index is 0.914. The zero-order chi connectivity index (χ0) is 18.9. The summed E-state index contributed by atoms with van der Waals surface area (Å²) < 4.78 is 1.82. The first-order valence-electron chi connectivity index (χ1n) is 9.67. The highest BCUT2D eigenvalue weighted by molar-refractivity contribution is 6.08. The number of rotatable bonds is 4. The molecule has 5 rings (SSSR count). The van der Waals surface area contributed by atoms with Crippen molar-refractivity contribution in [3.8, 4) is 0 Å². The predicted molar refractivity (Wildman–Crippen MR) is 118 cm³/mol. The van der Waals surface area contributed by atoms with Crippen LogP contribution < -0.4 is 5.84 Å². The van der Waals surface area contributed by atoms with Crippen molar-refractivity contribution in [3.05, 3.63) is 119 Å². The molecule has 0 spiro atoms. The summed E-state index contributed by atoms with van der Waals surface area (Å²) in [4.78, 5) is 0. The molecule has 1 heterocycles. The van der Waals surface area contributed by atoms with Gasteiger partial charge in [0.1, 0.15) is 0 Å². The lowest BCUT2D eigenvalue weighted by Gasteiger charge is -2.04. The number of nitrogens with zero attached hydrogens (tertiary/aromatic N) is 1. The highest BCUT2D eigenvalue weighted by Gasteiger charge is 2.11. The molecule has 2 heteroatoms. The van der Waals surface area contributed by atoms with Gasteiger partial charge in [0.2, 0.25) is 0 Å². The molecule has 0 amide bonds. The van der Waals surface area contributed by atoms with Crippen molar-refractivity contribution >= 4 is 21.8 Å². The van der Waals surface area contributed by atoms with E-state index in [0.717, 1.165) is 23.9 Å². The molecule has 2 N–H and O–H groups in total. The van der Waals surface area contributed by atoms with Crippen molar-refractivity contribution in [2.24, 2.45) is 0 Å². The van der Waals surface area contributed by atoms with Crippen LogP contribution >= 0.6 is 0 Å². The lowest BCUT2D eigenvalue weighted by Crippen LogP contribution is -2.07. The molecule has 0 bridgehead atoms. The van der Waals surface area contributed by atoms with Gasteiger partial charge >= 0.3 is 0 Å². The Bertz CT molecular complexity index is 1250. The van der Waals surface area contributed by atoms with E-state index in [1.54, 1.807) is 0 Å².